The van der Waals surface area contributed by atoms with Crippen LogP contribution in [0.15, 0.2) is 24.8 Å². The first-order valence-corrected chi connectivity index (χ1v) is 6.42. The van der Waals surface area contributed by atoms with Crippen LogP contribution in [0.1, 0.15) is 25.7 Å². The van der Waals surface area contributed by atoms with Gasteiger partial charge in [-0.25, -0.2) is 0 Å². The van der Waals surface area contributed by atoms with Crippen LogP contribution in [0.5, 0.6) is 0 Å². The number of hydrogen-bond acceptors (Lipinski definition) is 3. The van der Waals surface area contributed by atoms with Gasteiger partial charge in [-0.2, -0.15) is 0 Å². The molecule has 1 fully saturated rings. The van der Waals surface area contributed by atoms with Gasteiger partial charge < -0.3 is 14.4 Å². The summed E-state index contributed by atoms with van der Waals surface area (Å²) in [6, 6.07) is 0.198. The highest BCUT2D eigenvalue weighted by molar-refractivity contribution is 5.79. The van der Waals surface area contributed by atoms with Crippen LogP contribution in [0.4, 0.5) is 0 Å². The zero-order chi connectivity index (χ0) is 13.0. The third-order valence-corrected chi connectivity index (χ3v) is 3.77. The van der Waals surface area contributed by atoms with E-state index in [1.165, 1.54) is 0 Å². The molecule has 100 valence electrons. The van der Waals surface area contributed by atoms with Crippen LogP contribution < -0.4 is 0 Å². The van der Waals surface area contributed by atoms with E-state index in [9.17, 15) is 4.79 Å². The molecule has 4 nitrogen and oxygen atoms in total. The van der Waals surface area contributed by atoms with E-state index < -0.39 is 0 Å². The quantitative estimate of drug-likeness (QED) is 0.425. The number of rotatable bonds is 5. The maximum Gasteiger partial charge on any atom is 0.224 e. The number of carbonyl (C=O) groups excluding carboxylic acids is 1. The van der Waals surface area contributed by atoms with Gasteiger partial charge in [-0.05, 0) is 19.3 Å². The summed E-state index contributed by atoms with van der Waals surface area (Å²) in [5.41, 5.74) is -0.366. The summed E-state index contributed by atoms with van der Waals surface area (Å²) in [4.78, 5) is 14.2. The van der Waals surface area contributed by atoms with Crippen LogP contribution in [0, 0.1) is 0 Å². The topological polar surface area (TPSA) is 38.8 Å². The van der Waals surface area contributed by atoms with Gasteiger partial charge in [0.15, 0.2) is 0 Å². The van der Waals surface area contributed by atoms with E-state index in [0.29, 0.717) is 13.0 Å². The van der Waals surface area contributed by atoms with Crippen molar-refractivity contribution in [3.63, 3.8) is 0 Å². The standard InChI is InChI=1S/C14H21NO3/c1-3-14(10-18-11-17-2)9-8-12-6-4-5-7-13(16)15(12)14/h3-4,6,12H,1,5,7-11H2,2H3/t12-,14+/m0/s1. The van der Waals surface area contributed by atoms with Gasteiger partial charge in [0, 0.05) is 13.5 Å². The number of methoxy groups -OCH3 is 1. The number of ether oxygens (including phenoxy) is 2. The fourth-order valence-electron chi connectivity index (χ4n) is 2.88. The number of amides is 1. The lowest BCUT2D eigenvalue weighted by atomic mass is 9.97. The normalized spacial score (nSPS) is 31.3. The van der Waals surface area contributed by atoms with Crippen molar-refractivity contribution in [3.8, 4) is 0 Å². The molecule has 2 aliphatic heterocycles. The first-order valence-electron chi connectivity index (χ1n) is 6.42. The van der Waals surface area contributed by atoms with E-state index in [2.05, 4.69) is 18.7 Å². The minimum Gasteiger partial charge on any atom is -0.359 e. The van der Waals surface area contributed by atoms with E-state index in [1.54, 1.807) is 7.11 Å². The van der Waals surface area contributed by atoms with Crippen molar-refractivity contribution in [1.29, 1.82) is 0 Å². The SMILES string of the molecule is C=C[C@]1(COCOC)CC[C@@H]2C=CCCC(=O)N21. The lowest BCUT2D eigenvalue weighted by Gasteiger charge is -2.37. The molecular weight excluding hydrogens is 230 g/mol. The first kappa shape index (κ1) is 13.3. The molecule has 18 heavy (non-hydrogen) atoms. The van der Waals surface area contributed by atoms with Crippen LogP contribution in [0.25, 0.3) is 0 Å². The van der Waals surface area contributed by atoms with E-state index in [1.807, 2.05) is 11.0 Å². The fourth-order valence-corrected chi connectivity index (χ4v) is 2.88. The molecule has 2 rings (SSSR count). The lowest BCUT2D eigenvalue weighted by Crippen LogP contribution is -2.51. The zero-order valence-corrected chi connectivity index (χ0v) is 10.9. The second kappa shape index (κ2) is 5.67. The smallest absolute Gasteiger partial charge is 0.224 e. The van der Waals surface area contributed by atoms with Gasteiger partial charge in [0.2, 0.25) is 5.91 Å². The van der Waals surface area contributed by atoms with E-state index >= 15 is 0 Å². The molecule has 0 aromatic heterocycles. The van der Waals surface area contributed by atoms with Crippen LogP contribution in [0.3, 0.4) is 0 Å². The van der Waals surface area contributed by atoms with Crippen molar-refractivity contribution < 1.29 is 14.3 Å². The van der Waals surface area contributed by atoms with Crippen molar-refractivity contribution in [3.05, 3.63) is 24.8 Å². The van der Waals surface area contributed by atoms with Gasteiger partial charge >= 0.3 is 0 Å². The van der Waals surface area contributed by atoms with Crippen LogP contribution >= 0.6 is 0 Å². The Morgan fingerprint density at radius 2 is 2.50 bits per heavy atom. The molecule has 0 N–H and O–H groups in total. The number of fused-ring (bicyclic) bond motifs is 1. The lowest BCUT2D eigenvalue weighted by molar-refractivity contribution is -0.139. The minimum atomic E-state index is -0.366. The summed E-state index contributed by atoms with van der Waals surface area (Å²) < 4.78 is 10.4. The van der Waals surface area contributed by atoms with Gasteiger partial charge in [0.05, 0.1) is 18.2 Å². The Hall–Kier alpha value is -1.13. The second-order valence-corrected chi connectivity index (χ2v) is 4.90. The molecule has 0 saturated carbocycles. The third-order valence-electron chi connectivity index (χ3n) is 3.77. The van der Waals surface area contributed by atoms with Crippen molar-refractivity contribution >= 4 is 5.91 Å². The van der Waals surface area contributed by atoms with E-state index in [4.69, 9.17) is 9.47 Å². The van der Waals surface area contributed by atoms with Crippen LogP contribution in [-0.2, 0) is 14.3 Å². The Balaban J connectivity index is 2.17. The summed E-state index contributed by atoms with van der Waals surface area (Å²) in [7, 11) is 1.60. The summed E-state index contributed by atoms with van der Waals surface area (Å²) in [6.07, 6.45) is 9.40. The molecule has 0 aromatic carbocycles. The summed E-state index contributed by atoms with van der Waals surface area (Å²) in [5.74, 6) is 0.198. The highest BCUT2D eigenvalue weighted by atomic mass is 16.7. The summed E-state index contributed by atoms with van der Waals surface area (Å²) in [5, 5.41) is 0. The highest BCUT2D eigenvalue weighted by Crippen LogP contribution is 2.38. The fraction of sp³-hybridized carbons (Fsp3) is 0.643. The Morgan fingerprint density at radius 3 is 3.22 bits per heavy atom. The monoisotopic (exact) mass is 251 g/mol. The molecule has 0 aromatic rings. The Morgan fingerprint density at radius 1 is 1.67 bits per heavy atom. The zero-order valence-electron chi connectivity index (χ0n) is 10.9. The molecule has 4 heteroatoms. The third kappa shape index (κ3) is 2.35. The van der Waals surface area contributed by atoms with Gasteiger partial charge in [-0.15, -0.1) is 6.58 Å². The van der Waals surface area contributed by atoms with Crippen LogP contribution in [0.2, 0.25) is 0 Å². The van der Waals surface area contributed by atoms with Gasteiger partial charge in [-0.1, -0.05) is 18.2 Å². The summed E-state index contributed by atoms with van der Waals surface area (Å²) in [6.45, 7) is 4.62. The second-order valence-electron chi connectivity index (χ2n) is 4.90. The average molecular weight is 251 g/mol. The maximum atomic E-state index is 12.3. The number of carbonyl (C=O) groups is 1. The molecule has 2 heterocycles. The molecule has 0 bridgehead atoms. The van der Waals surface area contributed by atoms with Crippen molar-refractivity contribution in [2.24, 2.45) is 0 Å². The predicted molar refractivity (Wildman–Crippen MR) is 69.0 cm³/mol. The van der Waals surface area contributed by atoms with Gasteiger partial charge in [-0.3, -0.25) is 4.79 Å². The Bertz CT molecular complexity index is 353. The first-order chi connectivity index (χ1) is 8.73. The molecule has 0 unspecified atom stereocenters. The van der Waals surface area contributed by atoms with E-state index in [-0.39, 0.29) is 24.3 Å². The van der Waals surface area contributed by atoms with Crippen molar-refractivity contribution in [1.82, 2.24) is 4.90 Å². The van der Waals surface area contributed by atoms with Crippen molar-refractivity contribution in [2.45, 2.75) is 37.3 Å². The maximum absolute atomic E-state index is 12.3. The number of allylic oxidation sites excluding steroid dienone is 1. The molecule has 0 radical (unpaired) electrons. The number of nitrogens with zero attached hydrogens (tertiary/aromatic N) is 1. The molecule has 2 atom stereocenters. The average Bonchev–Trinajstić information content (AvgIpc) is 2.63. The Kier molecular flexibility index (Phi) is 4.19. The molecule has 0 spiro atoms. The number of hydrogen-bond donors (Lipinski definition) is 0. The van der Waals surface area contributed by atoms with Gasteiger partial charge in [0.1, 0.15) is 6.79 Å². The Labute approximate surface area is 108 Å². The summed E-state index contributed by atoms with van der Waals surface area (Å²) >= 11 is 0. The predicted octanol–water partition coefficient (Wildman–Crippen LogP) is 1.87. The molecule has 1 saturated heterocycles. The van der Waals surface area contributed by atoms with Gasteiger partial charge in [0.25, 0.3) is 0 Å². The van der Waals surface area contributed by atoms with Crippen LogP contribution in [-0.4, -0.2) is 42.9 Å². The minimum absolute atomic E-state index is 0.198. The molecule has 1 amide bonds. The van der Waals surface area contributed by atoms with Crippen molar-refractivity contribution in [2.75, 3.05) is 20.5 Å². The highest BCUT2D eigenvalue weighted by Gasteiger charge is 2.46. The molecular formula is C14H21NO3. The molecule has 0 aliphatic carbocycles. The molecule has 2 aliphatic rings. The van der Waals surface area contributed by atoms with E-state index in [0.717, 1.165) is 19.3 Å². The largest absolute Gasteiger partial charge is 0.359 e.